The zero-order valence-electron chi connectivity index (χ0n) is 66.3. The van der Waals surface area contributed by atoms with Gasteiger partial charge in [-0.3, -0.25) is 4.79 Å². The van der Waals surface area contributed by atoms with Crippen LogP contribution in [0.4, 0.5) is 0 Å². The Morgan fingerprint density at radius 1 is 0.544 bits per heavy atom. The van der Waals surface area contributed by atoms with Crippen molar-refractivity contribution >= 4 is 11.9 Å². The van der Waals surface area contributed by atoms with Gasteiger partial charge in [-0.1, -0.05) is 72.3 Å². The Kier molecular flexibility index (Phi) is 27.7. The average Bonchev–Trinajstić information content (AvgIpc) is 0.673. The number of aliphatic hydroxyl groups excluding tert-OH is 18. The number of carbonyl (C=O) groups is 2. The molecule has 0 spiro atoms. The number of fused-ring (bicyclic) bond motifs is 7. The maximum atomic E-state index is 16.1. The first-order valence-electron chi connectivity index (χ1n) is 40.5. The monoisotopic (exact) mass is 1630 g/mol. The van der Waals surface area contributed by atoms with Crippen LogP contribution in [0.1, 0.15) is 152 Å². The molecular weight excluding hydrogens is 1510 g/mol. The van der Waals surface area contributed by atoms with Crippen LogP contribution in [0.3, 0.4) is 0 Å². The van der Waals surface area contributed by atoms with E-state index in [0.717, 1.165) is 18.4 Å². The molecule has 12 rings (SSSR count). The molecule has 0 aromatic heterocycles. The number of carbonyl (C=O) groups excluding carboxylic acids is 2. The topological polar surface area (TPSA) is 548 Å². The molecule has 652 valence electrons. The van der Waals surface area contributed by atoms with Crippen LogP contribution in [0.25, 0.3) is 0 Å². The highest BCUT2D eigenvalue weighted by Gasteiger charge is 2.71. The van der Waals surface area contributed by atoms with Crippen molar-refractivity contribution in [2.24, 2.45) is 50.2 Å². The molecule has 0 aromatic carbocycles. The number of hydrogen-bond acceptors (Lipinski definition) is 35. The Balaban J connectivity index is 0.755. The second-order valence-electron chi connectivity index (χ2n) is 36.7. The summed E-state index contributed by atoms with van der Waals surface area (Å²) in [5.41, 5.74) is -3.63. The fraction of sp³-hybridized carbons (Fsp3) is 0.899. The molecule has 114 heavy (non-hydrogen) atoms. The number of rotatable bonds is 23. The maximum Gasteiger partial charge on any atom is 0.336 e. The molecule has 35 nitrogen and oxygen atoms in total. The summed E-state index contributed by atoms with van der Waals surface area (Å²) in [5.74, 6) is -2.03. The standard InChI is InChI=1S/C79H126O35/c1-11-75(7,100)20-12-13-35(28-80)65(98)101-32-43-53(90)55(92)64(113-68-59(96)56(93)61(34(2)106-68)111-67-60(97)62(41(84)31-103-67)112-66-57(94)49(86)39(82)29-102-66)71(109-43)114-72(99)79-25-23-73(3,4)27-37(79)36-14-17-46-76(8)21-19-47(74(5,6)45(76)18-22-78(46,10)77(36,9)24-26-79)110-69-58(95)54(91)52(89)44(108-69)33-105-70-63(50(87)40(83)30-104-70)107-42-16-15-38(81)48(85)51(42)88/h11,13-14,34,37-64,66-71,80-97,100H,1,12,15-33H2,2-10H3/b35-13+/t34-,37+,38+,39+,40-,41+,42+,43+,44+,45+,46+,47-,48-,49-,50-,51-,52+,53+,54-,55-,56-,57+,58+,59+,60+,61-,62-,63+,64+,66-,67-,68-,69-,70-,71-,75-,76-,77+,78+,79-/m0/s1. The summed E-state index contributed by atoms with van der Waals surface area (Å²) in [6, 6.07) is 0. The summed E-state index contributed by atoms with van der Waals surface area (Å²) < 4.78 is 84.5. The third kappa shape index (κ3) is 17.2. The third-order valence-electron chi connectivity index (χ3n) is 28.7. The van der Waals surface area contributed by atoms with Gasteiger partial charge in [0.2, 0.25) is 6.29 Å². The number of allylic oxidation sites excluding steroid dienone is 3. The Hall–Kier alpha value is -3.08. The molecule has 12 aliphatic rings. The van der Waals surface area contributed by atoms with Gasteiger partial charge in [-0.05, 0) is 149 Å². The highest BCUT2D eigenvalue weighted by atomic mass is 16.8. The molecule has 6 saturated heterocycles. The van der Waals surface area contributed by atoms with Gasteiger partial charge in [0.25, 0.3) is 0 Å². The molecule has 6 aliphatic heterocycles. The summed E-state index contributed by atoms with van der Waals surface area (Å²) in [6.07, 6.45) is -40.2. The van der Waals surface area contributed by atoms with E-state index in [1.165, 1.54) is 26.0 Å². The normalized spacial score (nSPS) is 50.2. The Morgan fingerprint density at radius 2 is 1.11 bits per heavy atom. The van der Waals surface area contributed by atoms with Gasteiger partial charge >= 0.3 is 11.9 Å². The van der Waals surface area contributed by atoms with Crippen molar-refractivity contribution in [3.05, 3.63) is 36.0 Å². The van der Waals surface area contributed by atoms with E-state index in [1.54, 1.807) is 0 Å². The Labute approximate surface area is 662 Å². The second-order valence-corrected chi connectivity index (χ2v) is 36.7. The largest absolute Gasteiger partial charge is 0.459 e. The zero-order chi connectivity index (χ0) is 83.2. The van der Waals surface area contributed by atoms with Crippen LogP contribution in [0.15, 0.2) is 36.0 Å². The first kappa shape index (κ1) is 90.2. The molecule has 5 saturated carbocycles. The van der Waals surface area contributed by atoms with Crippen molar-refractivity contribution in [2.45, 2.75) is 354 Å². The van der Waals surface area contributed by atoms with Crippen LogP contribution in [-0.4, -0.2) is 351 Å². The van der Waals surface area contributed by atoms with Gasteiger partial charge < -0.3 is 163 Å². The lowest BCUT2D eigenvalue weighted by Gasteiger charge is -2.71. The predicted molar refractivity (Wildman–Crippen MR) is 388 cm³/mol. The summed E-state index contributed by atoms with van der Waals surface area (Å²) in [7, 11) is 0. The van der Waals surface area contributed by atoms with Crippen molar-refractivity contribution in [2.75, 3.05) is 39.6 Å². The van der Waals surface area contributed by atoms with Crippen molar-refractivity contribution < 1.29 is 173 Å². The highest BCUT2D eigenvalue weighted by Crippen LogP contribution is 2.76. The van der Waals surface area contributed by atoms with Gasteiger partial charge in [-0.15, -0.1) is 6.58 Å². The molecule has 35 heteroatoms. The molecule has 11 fully saturated rings. The van der Waals surface area contributed by atoms with Crippen LogP contribution in [0.5, 0.6) is 0 Å². The fourth-order valence-corrected chi connectivity index (χ4v) is 21.2. The molecule has 0 bridgehead atoms. The smallest absolute Gasteiger partial charge is 0.336 e. The number of hydrogen-bond donors (Lipinski definition) is 19. The molecule has 0 amide bonds. The summed E-state index contributed by atoms with van der Waals surface area (Å²) in [4.78, 5) is 29.7. The van der Waals surface area contributed by atoms with E-state index in [-0.39, 0.29) is 65.9 Å². The molecule has 40 atom stereocenters. The van der Waals surface area contributed by atoms with Crippen LogP contribution in [0, 0.1) is 50.2 Å². The minimum absolute atomic E-state index is 0.0357. The third-order valence-corrected chi connectivity index (χ3v) is 28.7. The van der Waals surface area contributed by atoms with E-state index in [4.69, 9.17) is 66.3 Å². The van der Waals surface area contributed by atoms with Crippen molar-refractivity contribution in [3.63, 3.8) is 0 Å². The Morgan fingerprint density at radius 3 is 1.81 bits per heavy atom. The number of esters is 2. The lowest BCUT2D eigenvalue weighted by atomic mass is 9.33. The van der Waals surface area contributed by atoms with Crippen LogP contribution >= 0.6 is 0 Å². The summed E-state index contributed by atoms with van der Waals surface area (Å²) >= 11 is 0. The number of aliphatic hydroxyl groups is 19. The van der Waals surface area contributed by atoms with E-state index in [0.29, 0.717) is 51.4 Å². The maximum absolute atomic E-state index is 16.1. The first-order valence-corrected chi connectivity index (χ1v) is 40.5. The minimum atomic E-state index is -2.08. The molecule has 0 radical (unpaired) electrons. The van der Waals surface area contributed by atoms with Crippen molar-refractivity contribution in [3.8, 4) is 0 Å². The van der Waals surface area contributed by atoms with Gasteiger partial charge in [0.15, 0.2) is 37.6 Å². The van der Waals surface area contributed by atoms with Crippen LogP contribution < -0.4 is 0 Å². The SMILES string of the molecule is C=C[C@](C)(O)CC/C=C(\CO)C(=O)OC[C@H]1O[C@@H](OC(=O)[C@]23CCC(C)(C)C[C@@H]2C2=CC[C@@H]4[C@@]5(C)CC[C@H](O[C@@H]6O[C@H](CO[C@@H]7OC[C@H](O)[C@H](O)[C@H]7O[C@@H]7CC[C@@H](O)[C@H](O)[C@H]7O)[C@@H](O)[C@H](O)[C@H]6O)C(C)(C)[C@H]5CC[C@@]4(C)[C@]2(C)CC3)[C@H](O[C@@H]2O[C@@H](C)[C@H](O[C@@H]3OC[C@@H](O)[C@H](O[C@@H]4OC[C@@H](O)[C@H](O)[C@H]4O)[C@H]3O)[C@@H](O)[C@H]2O)[C@@H](O)[C@@H]1O. The van der Waals surface area contributed by atoms with Gasteiger partial charge in [-0.2, -0.15) is 0 Å². The van der Waals surface area contributed by atoms with Crippen molar-refractivity contribution in [1.29, 1.82) is 0 Å². The Bertz CT molecular complexity index is 3340. The van der Waals surface area contributed by atoms with E-state index < -0.39 is 269 Å². The van der Waals surface area contributed by atoms with E-state index in [9.17, 15) is 102 Å². The quantitative estimate of drug-likeness (QED) is 0.0210. The molecular formula is C79H126O35. The van der Waals surface area contributed by atoms with E-state index in [2.05, 4.69) is 61.1 Å². The summed E-state index contributed by atoms with van der Waals surface area (Å²) in [5, 5.41) is 209. The molecule has 0 unspecified atom stereocenters. The van der Waals surface area contributed by atoms with E-state index >= 15 is 4.79 Å². The van der Waals surface area contributed by atoms with Crippen molar-refractivity contribution in [1.82, 2.24) is 0 Å². The van der Waals surface area contributed by atoms with Crippen LogP contribution in [-0.2, 0) is 75.9 Å². The molecule has 19 N–H and O–H groups in total. The van der Waals surface area contributed by atoms with Gasteiger partial charge in [0.1, 0.15) is 135 Å². The molecule has 6 aliphatic carbocycles. The fourth-order valence-electron chi connectivity index (χ4n) is 21.2. The zero-order valence-corrected chi connectivity index (χ0v) is 66.3. The highest BCUT2D eigenvalue weighted by molar-refractivity contribution is 5.88. The molecule has 6 heterocycles. The minimum Gasteiger partial charge on any atom is -0.459 e. The lowest BCUT2D eigenvalue weighted by molar-refractivity contribution is -0.379. The average molecular weight is 1640 g/mol. The van der Waals surface area contributed by atoms with Crippen LogP contribution in [0.2, 0.25) is 0 Å². The molecule has 0 aromatic rings. The van der Waals surface area contributed by atoms with Gasteiger partial charge in [0.05, 0.1) is 74.0 Å². The van der Waals surface area contributed by atoms with E-state index in [1.807, 2.05) is 0 Å². The summed E-state index contributed by atoms with van der Waals surface area (Å²) in [6.45, 7) is 18.8. The first-order chi connectivity index (χ1) is 53.5. The predicted octanol–water partition coefficient (Wildman–Crippen LogP) is -2.99. The number of ether oxygens (including phenoxy) is 14. The lowest BCUT2D eigenvalue weighted by Crippen LogP contribution is -2.67. The van der Waals surface area contributed by atoms with Gasteiger partial charge in [-0.25, -0.2) is 4.79 Å². The second kappa shape index (κ2) is 35.0. The van der Waals surface area contributed by atoms with Gasteiger partial charge in [0, 0.05) is 0 Å².